The van der Waals surface area contributed by atoms with Crippen LogP contribution in [0.3, 0.4) is 0 Å². The fourth-order valence-corrected chi connectivity index (χ4v) is 12.6. The number of carbonyl (C=O) groups is 1. The monoisotopic (exact) mass is 961 g/mol. The highest BCUT2D eigenvalue weighted by Gasteiger charge is 2.50. The lowest BCUT2D eigenvalue weighted by atomic mass is 9.59. The van der Waals surface area contributed by atoms with Crippen LogP contribution in [0.25, 0.3) is 11.0 Å². The summed E-state index contributed by atoms with van der Waals surface area (Å²) < 4.78 is 56.9. The third kappa shape index (κ3) is 9.12. The Morgan fingerprint density at radius 3 is 2.48 bits per heavy atom. The van der Waals surface area contributed by atoms with Gasteiger partial charge in [-0.25, -0.2) is 17.5 Å². The Hall–Kier alpha value is -5.82. The number of H-pyrrole nitrogens is 1. The van der Waals surface area contributed by atoms with E-state index in [0.29, 0.717) is 60.5 Å². The van der Waals surface area contributed by atoms with Crippen molar-refractivity contribution in [3.05, 3.63) is 106 Å². The van der Waals surface area contributed by atoms with Crippen LogP contribution in [0.4, 0.5) is 32.8 Å². The van der Waals surface area contributed by atoms with E-state index in [4.69, 9.17) is 14.5 Å². The molecule has 364 valence electrons. The van der Waals surface area contributed by atoms with Gasteiger partial charge < -0.3 is 34.5 Å². The highest BCUT2D eigenvalue weighted by molar-refractivity contribution is 7.90. The number of ether oxygens (including phenoxy) is 2. The van der Waals surface area contributed by atoms with E-state index in [1.165, 1.54) is 43.4 Å². The van der Waals surface area contributed by atoms with Crippen molar-refractivity contribution >= 4 is 55.4 Å². The van der Waals surface area contributed by atoms with Crippen molar-refractivity contribution in [3.63, 3.8) is 0 Å². The first-order valence-corrected chi connectivity index (χ1v) is 26.0. The number of hydrogen-bond donors (Lipinski definition) is 3. The Balaban J connectivity index is 0.841. The normalized spacial score (nSPS) is 22.1. The summed E-state index contributed by atoms with van der Waals surface area (Å²) in [5, 5.41) is 15.9. The van der Waals surface area contributed by atoms with E-state index in [0.717, 1.165) is 62.7 Å². The highest BCUT2D eigenvalue weighted by atomic mass is 32.2. The summed E-state index contributed by atoms with van der Waals surface area (Å²) in [7, 11) is -2.39. The number of nitro groups is 1. The Morgan fingerprint density at radius 2 is 1.71 bits per heavy atom. The van der Waals surface area contributed by atoms with Crippen molar-refractivity contribution in [3.8, 4) is 5.88 Å². The molecule has 0 bridgehead atoms. The number of aromatic nitrogens is 2. The van der Waals surface area contributed by atoms with Crippen LogP contribution >= 0.6 is 0 Å². The Bertz CT molecular complexity index is 2870. The average molecular weight is 962 g/mol. The molecule has 5 aromatic rings. The third-order valence-electron chi connectivity index (χ3n) is 15.7. The maximum Gasteiger partial charge on any atom is 0.293 e. The Labute approximate surface area is 401 Å². The van der Waals surface area contributed by atoms with Crippen LogP contribution in [-0.4, -0.2) is 123 Å². The summed E-state index contributed by atoms with van der Waals surface area (Å²) >= 11 is 0. The van der Waals surface area contributed by atoms with Crippen LogP contribution in [0.2, 0.25) is 0 Å². The Morgan fingerprint density at radius 1 is 0.928 bits per heavy atom. The summed E-state index contributed by atoms with van der Waals surface area (Å²) in [5.41, 5.74) is 3.92. The largest absolute Gasteiger partial charge is 0.476 e. The molecule has 69 heavy (non-hydrogen) atoms. The van der Waals surface area contributed by atoms with E-state index in [2.05, 4.69) is 61.0 Å². The number of fused-ring (bicyclic) bond motifs is 2. The van der Waals surface area contributed by atoms with Crippen LogP contribution in [0.15, 0.2) is 83.9 Å². The molecule has 0 radical (unpaired) electrons. The number of nitro benzene ring substituents is 1. The molecule has 3 saturated heterocycles. The Kier molecular flexibility index (Phi) is 12.0. The summed E-state index contributed by atoms with van der Waals surface area (Å²) in [6.45, 7) is 6.01. The van der Waals surface area contributed by atoms with Crippen molar-refractivity contribution in [1.29, 1.82) is 0 Å². The highest BCUT2D eigenvalue weighted by Crippen LogP contribution is 2.54. The molecule has 1 amide bonds. The second-order valence-corrected chi connectivity index (χ2v) is 21.9. The summed E-state index contributed by atoms with van der Waals surface area (Å²) in [5.74, 6) is 0.196. The first-order chi connectivity index (χ1) is 33.3. The van der Waals surface area contributed by atoms with E-state index in [9.17, 15) is 23.3 Å². The van der Waals surface area contributed by atoms with Gasteiger partial charge in [0, 0.05) is 107 Å². The molecule has 11 rings (SSSR count). The third-order valence-corrected chi connectivity index (χ3v) is 17.1. The minimum atomic E-state index is -4.64. The van der Waals surface area contributed by atoms with Gasteiger partial charge in [0.25, 0.3) is 21.6 Å². The first kappa shape index (κ1) is 45.6. The molecule has 6 aliphatic rings. The summed E-state index contributed by atoms with van der Waals surface area (Å²) in [6.07, 6.45) is 9.72. The number of amides is 1. The number of aromatic amines is 1. The van der Waals surface area contributed by atoms with Crippen LogP contribution in [0.1, 0.15) is 91.2 Å². The molecule has 1 spiro atoms. The molecule has 5 fully saturated rings. The predicted octanol–water partition coefficient (Wildman–Crippen LogP) is 8.06. The number of sulfonamides is 1. The maximum atomic E-state index is 15.4. The second kappa shape index (κ2) is 18.2. The van der Waals surface area contributed by atoms with Crippen molar-refractivity contribution in [1.82, 2.24) is 24.5 Å². The SMILES string of the molecule is CN1CCN(C2CC3(CCN(c4ccc(C(=O)NS(=O)(=O)c5ccc(NCC6(F)CCOCC6)c([N+](=O)[O-])c5)c(N5CCCOc6nc7[nH]ccc7cc65)c4)CC3)C2)C(c2ccccc2C2CC2)C1. The standard InChI is InChI=1S/C51H60FN9O7S/c1-57-22-23-59(46(32-57)40-6-3-2-5-39(40)34-7-8-34)37-30-50(31-37)14-20-58(21-15-50)36-9-11-41(43(28-36)60-19-4-24-68-49-45(60)27-35-13-18-53-47(35)55-49)48(62)56-69(65,66)38-10-12-42(44(29-38)61(63)64)54-33-51(52)16-25-67-26-17-51/h2-3,5-6,9-13,18,27-29,34,37,46,54H,4,7-8,14-17,19-26,30-33H2,1H3,(H,53,55)(H,56,62). The van der Waals surface area contributed by atoms with E-state index in [1.807, 2.05) is 29.2 Å². The lowest BCUT2D eigenvalue weighted by Crippen LogP contribution is -2.59. The van der Waals surface area contributed by atoms with Crippen LogP contribution in [-0.2, 0) is 14.8 Å². The van der Waals surface area contributed by atoms with Gasteiger partial charge in [-0.1, -0.05) is 24.3 Å². The molecule has 4 aliphatic heterocycles. The van der Waals surface area contributed by atoms with Gasteiger partial charge in [-0.05, 0) is 117 Å². The fraction of sp³-hybridized carbons (Fsp3) is 0.490. The van der Waals surface area contributed by atoms with Gasteiger partial charge >= 0.3 is 0 Å². The number of halogens is 1. The number of anilines is 4. The number of piperidine rings is 1. The first-order valence-electron chi connectivity index (χ1n) is 24.5. The van der Waals surface area contributed by atoms with Gasteiger partial charge in [-0.3, -0.25) is 19.8 Å². The zero-order valence-electron chi connectivity index (χ0n) is 39.0. The summed E-state index contributed by atoms with van der Waals surface area (Å²) in [6, 6.07) is 22.8. The zero-order chi connectivity index (χ0) is 47.5. The number of benzene rings is 3. The number of rotatable bonds is 12. The van der Waals surface area contributed by atoms with Gasteiger partial charge in [0.2, 0.25) is 5.88 Å². The van der Waals surface area contributed by atoms with Crippen molar-refractivity contribution in [2.75, 3.05) is 87.8 Å². The average Bonchev–Trinajstić information content (AvgIpc) is 4.13. The molecule has 1 atom stereocenters. The lowest BCUT2D eigenvalue weighted by Gasteiger charge is -2.58. The molecule has 6 heterocycles. The quantitative estimate of drug-likeness (QED) is 0.0809. The number of carbonyl (C=O) groups excluding carboxylic acids is 1. The van der Waals surface area contributed by atoms with Gasteiger partial charge in [-0.2, -0.15) is 4.98 Å². The number of nitrogens with zero attached hydrogens (tertiary/aromatic N) is 6. The van der Waals surface area contributed by atoms with Gasteiger partial charge in [-0.15, -0.1) is 0 Å². The molecule has 2 saturated carbocycles. The lowest BCUT2D eigenvalue weighted by molar-refractivity contribution is -0.384. The number of alkyl halides is 1. The van der Waals surface area contributed by atoms with Crippen LogP contribution < -0.4 is 24.6 Å². The number of nitrogens with one attached hydrogen (secondary N) is 3. The van der Waals surface area contributed by atoms with E-state index < -0.39 is 37.1 Å². The topological polar surface area (TPSA) is 179 Å². The fourth-order valence-electron chi connectivity index (χ4n) is 11.6. The molecule has 2 aliphatic carbocycles. The number of likely N-dealkylation sites (N-methyl/N-ethyl adjacent to an activating group) is 1. The zero-order valence-corrected chi connectivity index (χ0v) is 39.8. The van der Waals surface area contributed by atoms with E-state index in [-0.39, 0.29) is 49.3 Å². The molecular formula is C51H60FN9O7S. The molecule has 2 aromatic heterocycles. The number of piperazine rings is 1. The van der Waals surface area contributed by atoms with Crippen LogP contribution in [0.5, 0.6) is 5.88 Å². The van der Waals surface area contributed by atoms with Gasteiger partial charge in [0.15, 0.2) is 0 Å². The van der Waals surface area contributed by atoms with Crippen molar-refractivity contribution in [2.24, 2.45) is 5.41 Å². The van der Waals surface area contributed by atoms with E-state index in [1.54, 1.807) is 17.8 Å². The van der Waals surface area contributed by atoms with Gasteiger partial charge in [0.05, 0.1) is 27.7 Å². The molecule has 16 nitrogen and oxygen atoms in total. The second-order valence-electron chi connectivity index (χ2n) is 20.2. The van der Waals surface area contributed by atoms with Crippen molar-refractivity contribution < 1.29 is 32.0 Å². The van der Waals surface area contributed by atoms with Crippen molar-refractivity contribution in [2.45, 2.75) is 86.4 Å². The number of hydrogen-bond acceptors (Lipinski definition) is 13. The van der Waals surface area contributed by atoms with E-state index >= 15 is 4.39 Å². The minimum absolute atomic E-state index is 0.0337. The molecule has 18 heteroatoms. The summed E-state index contributed by atoms with van der Waals surface area (Å²) in [4.78, 5) is 43.0. The molecular weight excluding hydrogens is 902 g/mol. The predicted molar refractivity (Wildman–Crippen MR) is 262 cm³/mol. The number of pyridine rings is 1. The maximum absolute atomic E-state index is 15.4. The molecule has 1 unspecified atom stereocenters. The molecule has 3 aromatic carbocycles. The minimum Gasteiger partial charge on any atom is -0.476 e. The smallest absolute Gasteiger partial charge is 0.293 e. The van der Waals surface area contributed by atoms with Crippen LogP contribution in [0, 0.1) is 15.5 Å². The van der Waals surface area contributed by atoms with Gasteiger partial charge in [0.1, 0.15) is 22.7 Å². The molecule has 3 N–H and O–H groups in total.